The van der Waals surface area contributed by atoms with Gasteiger partial charge in [-0.25, -0.2) is 0 Å². The third-order valence-corrected chi connectivity index (χ3v) is 6.79. The summed E-state index contributed by atoms with van der Waals surface area (Å²) in [5.41, 5.74) is 6.38. The Kier molecular flexibility index (Phi) is 8.74. The Labute approximate surface area is 230 Å². The van der Waals surface area contributed by atoms with Crippen molar-refractivity contribution in [2.24, 2.45) is 0 Å². The Balaban J connectivity index is 1.99. The Hall–Kier alpha value is -3.21. The van der Waals surface area contributed by atoms with Crippen molar-refractivity contribution >= 4 is 48.9 Å². The van der Waals surface area contributed by atoms with Crippen molar-refractivity contribution in [1.29, 1.82) is 0 Å². The van der Waals surface area contributed by atoms with E-state index >= 15 is 0 Å². The van der Waals surface area contributed by atoms with Gasteiger partial charge in [0, 0.05) is 8.95 Å². The van der Waals surface area contributed by atoms with Crippen molar-refractivity contribution in [1.82, 2.24) is 5.32 Å². The van der Waals surface area contributed by atoms with Crippen LogP contribution in [0.1, 0.15) is 42.1 Å². The minimum atomic E-state index is -0.156. The Morgan fingerprint density at radius 3 is 1.56 bits per heavy atom. The van der Waals surface area contributed by atoms with Crippen LogP contribution in [0.25, 0.3) is 11.3 Å². The lowest BCUT2D eigenvalue weighted by Crippen LogP contribution is -2.23. The summed E-state index contributed by atoms with van der Waals surface area (Å²) >= 11 is 7.08. The number of hydrogen-bond acceptors (Lipinski definition) is 2. The van der Waals surface area contributed by atoms with Gasteiger partial charge in [-0.2, -0.15) is 0 Å². The third kappa shape index (κ3) is 6.51. The van der Waals surface area contributed by atoms with Crippen LogP contribution in [0.4, 0.5) is 0 Å². The molecule has 4 aromatic carbocycles. The second-order valence-electron chi connectivity index (χ2n) is 8.75. The normalized spacial score (nSPS) is 11.6. The second kappa shape index (κ2) is 12.2. The zero-order valence-corrected chi connectivity index (χ0v) is 23.4. The fraction of sp³-hybridized carbons (Fsp3) is 0.0938. The first-order valence-corrected chi connectivity index (χ1v) is 13.3. The van der Waals surface area contributed by atoms with Gasteiger partial charge in [0.1, 0.15) is 0 Å². The molecule has 1 N–H and O–H groups in total. The lowest BCUT2D eigenvalue weighted by Gasteiger charge is -2.25. The number of benzene rings is 4. The van der Waals surface area contributed by atoms with Gasteiger partial charge in [0.25, 0.3) is 0 Å². The summed E-state index contributed by atoms with van der Waals surface area (Å²) in [7, 11) is 0. The molecule has 0 aromatic heterocycles. The molecule has 4 aromatic rings. The quantitative estimate of drug-likeness (QED) is 0.161. The van der Waals surface area contributed by atoms with Gasteiger partial charge in [0.15, 0.2) is 5.78 Å². The number of rotatable bonds is 8. The Morgan fingerprint density at radius 1 is 0.667 bits per heavy atom. The van der Waals surface area contributed by atoms with Crippen molar-refractivity contribution in [3.63, 3.8) is 0 Å². The van der Waals surface area contributed by atoms with E-state index in [-0.39, 0.29) is 11.8 Å². The highest BCUT2D eigenvalue weighted by Crippen LogP contribution is 2.32. The highest BCUT2D eigenvalue weighted by molar-refractivity contribution is 9.10. The molecule has 0 aliphatic heterocycles. The molecule has 0 saturated carbocycles. The predicted octanol–water partition coefficient (Wildman–Crippen LogP) is 8.99. The average Bonchev–Trinajstić information content (AvgIpc) is 2.88. The molecule has 0 aliphatic rings. The number of halogens is 2. The van der Waals surface area contributed by atoms with Gasteiger partial charge < -0.3 is 5.32 Å². The third-order valence-electron chi connectivity index (χ3n) is 5.74. The molecule has 0 fully saturated rings. The monoisotopic (exact) mass is 599 g/mol. The smallest absolute Gasteiger partial charge is 0.188 e. The van der Waals surface area contributed by atoms with Gasteiger partial charge in [0.2, 0.25) is 0 Å². The molecule has 36 heavy (non-hydrogen) atoms. The van der Waals surface area contributed by atoms with Crippen molar-refractivity contribution < 1.29 is 4.79 Å². The van der Waals surface area contributed by atoms with E-state index in [0.29, 0.717) is 5.57 Å². The van der Waals surface area contributed by atoms with Crippen molar-refractivity contribution in [3.05, 3.63) is 152 Å². The maximum atomic E-state index is 13.8. The number of carbonyl (C=O) groups excluding carboxylic acids is 1. The molecule has 0 unspecified atom stereocenters. The largest absolute Gasteiger partial charge is 0.373 e. The number of hydrogen-bond donors (Lipinski definition) is 1. The van der Waals surface area contributed by atoms with E-state index in [1.165, 1.54) is 0 Å². The fourth-order valence-corrected chi connectivity index (χ4v) is 4.60. The van der Waals surface area contributed by atoms with Crippen LogP contribution in [0.5, 0.6) is 0 Å². The standard InChI is InChI=1S/C32H27Br2NO/c1-22(2)21-29(36)30(23-13-17-27(33)18-14-23)32(26-15-19-28(34)20-16-26)35-31(24-9-5-3-6-10-24)25-11-7-4-8-12-25/h3-21,31,35H,1-2H3/b32-30-. The molecule has 180 valence electrons. The summed E-state index contributed by atoms with van der Waals surface area (Å²) in [4.78, 5) is 13.8. The van der Waals surface area contributed by atoms with Crippen LogP contribution in [0.2, 0.25) is 0 Å². The molecule has 4 rings (SSSR count). The summed E-state index contributed by atoms with van der Waals surface area (Å²) in [6.45, 7) is 3.89. The van der Waals surface area contributed by atoms with E-state index in [1.807, 2.05) is 98.8 Å². The molecule has 2 nitrogen and oxygen atoms in total. The average molecular weight is 601 g/mol. The summed E-state index contributed by atoms with van der Waals surface area (Å²) < 4.78 is 1.94. The first kappa shape index (κ1) is 25.9. The Morgan fingerprint density at radius 2 is 1.11 bits per heavy atom. The van der Waals surface area contributed by atoms with E-state index < -0.39 is 0 Å². The lowest BCUT2D eigenvalue weighted by atomic mass is 9.92. The first-order valence-electron chi connectivity index (χ1n) is 11.7. The van der Waals surface area contributed by atoms with Gasteiger partial charge in [0.05, 0.1) is 17.3 Å². The molecule has 0 aliphatic carbocycles. The highest BCUT2D eigenvalue weighted by atomic mass is 79.9. The fourth-order valence-electron chi connectivity index (χ4n) is 4.07. The van der Waals surface area contributed by atoms with Crippen LogP contribution in [0, 0.1) is 0 Å². The van der Waals surface area contributed by atoms with Crippen molar-refractivity contribution in [2.45, 2.75) is 19.9 Å². The van der Waals surface area contributed by atoms with E-state index in [2.05, 4.69) is 61.4 Å². The van der Waals surface area contributed by atoms with Gasteiger partial charge in [-0.05, 0) is 66.4 Å². The van der Waals surface area contributed by atoms with Gasteiger partial charge in [-0.3, -0.25) is 4.79 Å². The highest BCUT2D eigenvalue weighted by Gasteiger charge is 2.22. The molecular weight excluding hydrogens is 574 g/mol. The number of nitrogens with one attached hydrogen (secondary N) is 1. The topological polar surface area (TPSA) is 29.1 Å². The molecule has 0 saturated heterocycles. The summed E-state index contributed by atoms with van der Waals surface area (Å²) in [6, 6.07) is 36.5. The van der Waals surface area contributed by atoms with E-state index in [1.54, 1.807) is 6.08 Å². The summed E-state index contributed by atoms with van der Waals surface area (Å²) in [6.07, 6.45) is 1.71. The minimum absolute atomic E-state index is 0.0392. The van der Waals surface area contributed by atoms with Crippen LogP contribution in [-0.4, -0.2) is 5.78 Å². The molecule has 4 heteroatoms. The van der Waals surface area contributed by atoms with Gasteiger partial charge >= 0.3 is 0 Å². The summed E-state index contributed by atoms with van der Waals surface area (Å²) in [5.74, 6) is -0.0392. The lowest BCUT2D eigenvalue weighted by molar-refractivity contribution is -0.109. The van der Waals surface area contributed by atoms with Crippen LogP contribution < -0.4 is 5.32 Å². The molecule has 0 bridgehead atoms. The molecule has 0 radical (unpaired) electrons. The van der Waals surface area contributed by atoms with Gasteiger partial charge in [-0.1, -0.05) is 122 Å². The van der Waals surface area contributed by atoms with E-state index in [9.17, 15) is 4.79 Å². The summed E-state index contributed by atoms with van der Waals surface area (Å²) in [5, 5.41) is 3.79. The predicted molar refractivity (Wildman–Crippen MR) is 157 cm³/mol. The maximum absolute atomic E-state index is 13.8. The molecule has 0 atom stereocenters. The second-order valence-corrected chi connectivity index (χ2v) is 10.6. The van der Waals surface area contributed by atoms with Crippen LogP contribution >= 0.6 is 31.9 Å². The van der Waals surface area contributed by atoms with Gasteiger partial charge in [-0.15, -0.1) is 0 Å². The number of carbonyl (C=O) groups is 1. The molecule has 0 heterocycles. The SMILES string of the molecule is CC(C)=CC(=O)/C(=C(\NC(c1ccccc1)c1ccccc1)c1ccc(Br)cc1)c1ccc(Br)cc1. The van der Waals surface area contributed by atoms with Crippen LogP contribution in [0.15, 0.2) is 130 Å². The number of ketones is 1. The zero-order chi connectivity index (χ0) is 25.5. The molecular formula is C32H27Br2NO. The van der Waals surface area contributed by atoms with Crippen LogP contribution in [-0.2, 0) is 4.79 Å². The first-order chi connectivity index (χ1) is 17.4. The van der Waals surface area contributed by atoms with Crippen LogP contribution in [0.3, 0.4) is 0 Å². The Bertz CT molecular complexity index is 1330. The van der Waals surface area contributed by atoms with E-state index in [4.69, 9.17) is 0 Å². The molecule has 0 spiro atoms. The van der Waals surface area contributed by atoms with Crippen molar-refractivity contribution in [3.8, 4) is 0 Å². The van der Waals surface area contributed by atoms with Crippen molar-refractivity contribution in [2.75, 3.05) is 0 Å². The minimum Gasteiger partial charge on any atom is -0.373 e. The molecule has 0 amide bonds. The zero-order valence-electron chi connectivity index (χ0n) is 20.2. The number of allylic oxidation sites excluding steroid dienone is 3. The maximum Gasteiger partial charge on any atom is 0.188 e. The van der Waals surface area contributed by atoms with E-state index in [0.717, 1.165) is 42.5 Å².